The molecule has 0 spiro atoms. The van der Waals surface area contributed by atoms with Gasteiger partial charge in [0.15, 0.2) is 0 Å². The second-order valence-electron chi connectivity index (χ2n) is 9.27. The van der Waals surface area contributed by atoms with Gasteiger partial charge < -0.3 is 10.1 Å². The fourth-order valence-corrected chi connectivity index (χ4v) is 4.78. The van der Waals surface area contributed by atoms with Crippen LogP contribution in [0.5, 0.6) is 0 Å². The molecule has 3 aromatic rings. The van der Waals surface area contributed by atoms with Crippen LogP contribution in [-0.2, 0) is 9.53 Å². The minimum atomic E-state index is -0.966. The Morgan fingerprint density at radius 3 is 2.41 bits per heavy atom. The van der Waals surface area contributed by atoms with Gasteiger partial charge in [0.1, 0.15) is 6.07 Å². The topological polar surface area (TPSA) is 62.1 Å². The van der Waals surface area contributed by atoms with E-state index >= 15 is 0 Å². The van der Waals surface area contributed by atoms with Gasteiger partial charge in [-0.1, -0.05) is 96.0 Å². The van der Waals surface area contributed by atoms with Crippen molar-refractivity contribution in [3.05, 3.63) is 102 Å². The van der Waals surface area contributed by atoms with E-state index in [0.29, 0.717) is 5.56 Å². The smallest absolute Gasteiger partial charge is 0.311 e. The van der Waals surface area contributed by atoms with E-state index in [-0.39, 0.29) is 23.2 Å². The number of nitrogens with zero attached hydrogens (tertiary/aromatic N) is 1. The first-order chi connectivity index (χ1) is 16.3. The molecule has 3 aromatic carbocycles. The Bertz CT molecular complexity index is 1240. The molecule has 5 heteroatoms. The number of ether oxygens (including phenoxy) is 1. The van der Waals surface area contributed by atoms with Gasteiger partial charge in [-0.25, -0.2) is 0 Å². The monoisotopic (exact) mass is 514 g/mol. The summed E-state index contributed by atoms with van der Waals surface area (Å²) in [6.07, 6.45) is 1.12. The first-order valence-corrected chi connectivity index (χ1v) is 12.1. The molecule has 34 heavy (non-hydrogen) atoms. The Kier molecular flexibility index (Phi) is 6.90. The number of aryl methyl sites for hydroxylation is 1. The van der Waals surface area contributed by atoms with Crippen molar-refractivity contribution in [1.29, 1.82) is 5.26 Å². The highest BCUT2D eigenvalue weighted by atomic mass is 79.9. The standard InChI is InChI=1S/C29H27BrN2O2/c1-19-12-14-20(15-13-19)25(30)17-24-27(29(24,2)3)28(33)34-26(18-31)21-8-7-11-23(16-21)32-22-9-5-4-6-10-22/h4-17,24,26-27,32H,1-3H3. The Morgan fingerprint density at radius 2 is 1.74 bits per heavy atom. The summed E-state index contributed by atoms with van der Waals surface area (Å²) in [5.41, 5.74) is 4.44. The van der Waals surface area contributed by atoms with Crippen LogP contribution in [0, 0.1) is 35.5 Å². The van der Waals surface area contributed by atoms with Gasteiger partial charge in [-0.3, -0.25) is 4.79 Å². The number of hydrogen-bond donors (Lipinski definition) is 1. The number of hydrogen-bond acceptors (Lipinski definition) is 4. The second kappa shape index (κ2) is 9.87. The molecule has 1 N–H and O–H groups in total. The summed E-state index contributed by atoms with van der Waals surface area (Å²) >= 11 is 3.67. The zero-order valence-corrected chi connectivity index (χ0v) is 21.0. The van der Waals surface area contributed by atoms with Crippen molar-refractivity contribution in [3.8, 4) is 6.07 Å². The van der Waals surface area contributed by atoms with Crippen LogP contribution in [0.1, 0.15) is 36.6 Å². The summed E-state index contributed by atoms with van der Waals surface area (Å²) in [7, 11) is 0. The lowest BCUT2D eigenvalue weighted by atomic mass is 10.1. The number of allylic oxidation sites excluding steroid dienone is 1. The number of nitrogens with one attached hydrogen (secondary N) is 1. The van der Waals surface area contributed by atoms with E-state index in [1.54, 1.807) is 6.07 Å². The van der Waals surface area contributed by atoms with Crippen LogP contribution < -0.4 is 5.32 Å². The van der Waals surface area contributed by atoms with E-state index in [9.17, 15) is 10.1 Å². The number of carbonyl (C=O) groups excluding carboxylic acids is 1. The first kappa shape index (κ1) is 23.8. The number of benzene rings is 3. The van der Waals surface area contributed by atoms with Gasteiger partial charge in [0.2, 0.25) is 6.10 Å². The Hall–Kier alpha value is -3.36. The number of halogens is 1. The van der Waals surface area contributed by atoms with E-state index in [4.69, 9.17) is 4.74 Å². The van der Waals surface area contributed by atoms with Gasteiger partial charge in [-0.2, -0.15) is 5.26 Å². The average Bonchev–Trinajstić information content (AvgIpc) is 3.38. The largest absolute Gasteiger partial charge is 0.442 e. The third-order valence-corrected chi connectivity index (χ3v) is 7.14. The first-order valence-electron chi connectivity index (χ1n) is 11.3. The summed E-state index contributed by atoms with van der Waals surface area (Å²) in [6.45, 7) is 6.17. The van der Waals surface area contributed by atoms with Crippen LogP contribution in [-0.4, -0.2) is 5.97 Å². The summed E-state index contributed by atoms with van der Waals surface area (Å²) in [5.74, 6) is -0.614. The molecular weight excluding hydrogens is 488 g/mol. The van der Waals surface area contributed by atoms with Crippen molar-refractivity contribution >= 4 is 37.8 Å². The summed E-state index contributed by atoms with van der Waals surface area (Å²) in [5, 5.41) is 13.1. The van der Waals surface area contributed by atoms with Crippen molar-refractivity contribution in [2.24, 2.45) is 17.3 Å². The molecule has 0 aromatic heterocycles. The van der Waals surface area contributed by atoms with E-state index in [1.165, 1.54) is 5.56 Å². The maximum absolute atomic E-state index is 13.1. The molecule has 0 bridgehead atoms. The van der Waals surface area contributed by atoms with Gasteiger partial charge >= 0.3 is 5.97 Å². The SMILES string of the molecule is Cc1ccc(C(Br)=CC2C(C(=O)OC(C#N)c3cccc(Nc4ccccc4)c3)C2(C)C)cc1. The number of esters is 1. The third kappa shape index (κ3) is 5.24. The fourth-order valence-electron chi connectivity index (χ4n) is 4.23. The lowest BCUT2D eigenvalue weighted by Gasteiger charge is -2.14. The number of para-hydroxylation sites is 1. The highest BCUT2D eigenvalue weighted by Gasteiger charge is 2.61. The van der Waals surface area contributed by atoms with Crippen molar-refractivity contribution in [2.45, 2.75) is 26.9 Å². The summed E-state index contributed by atoms with van der Waals surface area (Å²) in [4.78, 5) is 13.1. The van der Waals surface area contributed by atoms with Gasteiger partial charge in [0.25, 0.3) is 0 Å². The number of carbonyl (C=O) groups is 1. The summed E-state index contributed by atoms with van der Waals surface area (Å²) < 4.78 is 6.67. The highest BCUT2D eigenvalue weighted by molar-refractivity contribution is 9.15. The molecule has 0 heterocycles. The zero-order chi connectivity index (χ0) is 24.3. The maximum atomic E-state index is 13.1. The van der Waals surface area contributed by atoms with Gasteiger partial charge in [-0.05, 0) is 48.1 Å². The Labute approximate surface area is 209 Å². The molecule has 1 aliphatic carbocycles. The summed E-state index contributed by atoms with van der Waals surface area (Å²) in [6, 6.07) is 27.6. The van der Waals surface area contributed by atoms with E-state index < -0.39 is 6.10 Å². The van der Waals surface area contributed by atoms with Crippen LogP contribution >= 0.6 is 15.9 Å². The predicted molar refractivity (Wildman–Crippen MR) is 139 cm³/mol. The lowest BCUT2D eigenvalue weighted by molar-refractivity contribution is -0.149. The normalized spacial score (nSPS) is 19.6. The van der Waals surface area contributed by atoms with Crippen molar-refractivity contribution in [2.75, 3.05) is 5.32 Å². The maximum Gasteiger partial charge on any atom is 0.311 e. The molecule has 4 rings (SSSR count). The number of nitriles is 1. The van der Waals surface area contributed by atoms with Crippen LogP contribution in [0.25, 0.3) is 4.48 Å². The van der Waals surface area contributed by atoms with Gasteiger partial charge in [0.05, 0.1) is 5.92 Å². The van der Waals surface area contributed by atoms with E-state index in [1.807, 2.05) is 48.5 Å². The highest BCUT2D eigenvalue weighted by Crippen LogP contribution is 2.60. The number of rotatable bonds is 7. The van der Waals surface area contributed by atoms with Crippen molar-refractivity contribution in [3.63, 3.8) is 0 Å². The minimum Gasteiger partial charge on any atom is -0.442 e. The molecule has 0 radical (unpaired) electrons. The van der Waals surface area contributed by atoms with Gasteiger partial charge in [0, 0.05) is 21.4 Å². The molecule has 3 atom stereocenters. The molecule has 1 saturated carbocycles. The zero-order valence-electron chi connectivity index (χ0n) is 19.5. The third-order valence-electron chi connectivity index (χ3n) is 6.42. The van der Waals surface area contributed by atoms with Crippen molar-refractivity contribution < 1.29 is 9.53 Å². The van der Waals surface area contributed by atoms with Crippen LogP contribution in [0.2, 0.25) is 0 Å². The molecule has 172 valence electrons. The molecule has 3 unspecified atom stereocenters. The molecule has 0 amide bonds. The Morgan fingerprint density at radius 1 is 1.06 bits per heavy atom. The van der Waals surface area contributed by atoms with E-state index in [0.717, 1.165) is 21.4 Å². The van der Waals surface area contributed by atoms with Crippen LogP contribution in [0.4, 0.5) is 11.4 Å². The Balaban J connectivity index is 1.46. The lowest BCUT2D eigenvalue weighted by Crippen LogP contribution is -2.14. The predicted octanol–water partition coefficient (Wildman–Crippen LogP) is 7.55. The molecule has 1 fully saturated rings. The molecule has 0 aliphatic heterocycles. The van der Waals surface area contributed by atoms with Crippen LogP contribution in [0.3, 0.4) is 0 Å². The van der Waals surface area contributed by atoms with Gasteiger partial charge in [-0.15, -0.1) is 0 Å². The minimum absolute atomic E-state index is 0.0288. The quantitative estimate of drug-likeness (QED) is 0.330. The molecule has 1 aliphatic rings. The second-order valence-corrected chi connectivity index (χ2v) is 10.1. The van der Waals surface area contributed by atoms with E-state index in [2.05, 4.69) is 78.4 Å². The molecule has 4 nitrogen and oxygen atoms in total. The van der Waals surface area contributed by atoms with Crippen molar-refractivity contribution in [1.82, 2.24) is 0 Å². The molecular formula is C29H27BrN2O2. The fraction of sp³-hybridized carbons (Fsp3) is 0.241. The number of anilines is 2. The average molecular weight is 515 g/mol. The molecule has 0 saturated heterocycles. The van der Waals surface area contributed by atoms with Crippen LogP contribution in [0.15, 0.2) is 84.9 Å².